The molecule has 266 valence electrons. The van der Waals surface area contributed by atoms with Gasteiger partial charge < -0.3 is 43.4 Å². The summed E-state index contributed by atoms with van der Waals surface area (Å²) in [6, 6.07) is 10.9. The van der Waals surface area contributed by atoms with Gasteiger partial charge >= 0.3 is 6.09 Å². The molecule has 1 amide bonds. The lowest BCUT2D eigenvalue weighted by atomic mass is 10.0. The van der Waals surface area contributed by atoms with Crippen LogP contribution in [-0.2, 0) is 37.2 Å². The van der Waals surface area contributed by atoms with Gasteiger partial charge in [-0.05, 0) is 55.0 Å². The molecule has 3 aromatic rings. The monoisotopic (exact) mass is 700 g/mol. The van der Waals surface area contributed by atoms with Crippen LogP contribution in [0.3, 0.4) is 0 Å². The first-order valence-electron chi connectivity index (χ1n) is 16.6. The van der Waals surface area contributed by atoms with Crippen molar-refractivity contribution in [1.29, 1.82) is 0 Å². The summed E-state index contributed by atoms with van der Waals surface area (Å²) in [6.07, 6.45) is 4.23. The minimum absolute atomic E-state index is 0.0114. The maximum absolute atomic E-state index is 13.9. The highest BCUT2D eigenvalue weighted by Gasteiger charge is 2.44. The van der Waals surface area contributed by atoms with E-state index in [2.05, 4.69) is 10.3 Å². The molecule has 15 heteroatoms. The molecule has 4 heterocycles. The molecule has 0 aliphatic carbocycles. The van der Waals surface area contributed by atoms with Crippen molar-refractivity contribution < 1.29 is 46.7 Å². The van der Waals surface area contributed by atoms with Crippen molar-refractivity contribution >= 4 is 16.1 Å². The maximum Gasteiger partial charge on any atom is 0.407 e. The molecule has 2 N–H and O–H groups in total. The largest absolute Gasteiger partial charge is 0.494 e. The molecule has 0 radical (unpaired) electrons. The minimum atomic E-state index is -4.07. The van der Waals surface area contributed by atoms with Crippen LogP contribution in [0.1, 0.15) is 32.3 Å². The van der Waals surface area contributed by atoms with Crippen LogP contribution < -0.4 is 19.5 Å². The molecule has 2 aromatic carbocycles. The molecule has 1 aromatic heterocycles. The van der Waals surface area contributed by atoms with Crippen molar-refractivity contribution in [1.82, 2.24) is 19.2 Å². The number of alkyl carbamates (subject to hydrolysis) is 1. The Hall–Kier alpha value is -3.89. The first kappa shape index (κ1) is 35.0. The molecular weight excluding hydrogens is 656 g/mol. The average Bonchev–Trinajstić information content (AvgIpc) is 3.90. The van der Waals surface area contributed by atoms with Crippen LogP contribution in [-0.4, -0.2) is 97.7 Å². The van der Waals surface area contributed by atoms with Crippen LogP contribution in [0.5, 0.6) is 17.2 Å². The summed E-state index contributed by atoms with van der Waals surface area (Å²) in [4.78, 5) is 17.3. The number of hydrogen-bond donors (Lipinski definition) is 2. The number of imidazole rings is 1. The predicted molar refractivity (Wildman–Crippen MR) is 176 cm³/mol. The zero-order valence-corrected chi connectivity index (χ0v) is 28.5. The van der Waals surface area contributed by atoms with Crippen LogP contribution in [0.4, 0.5) is 4.79 Å². The molecule has 0 saturated carbocycles. The Labute approximate surface area is 286 Å². The third-order valence-electron chi connectivity index (χ3n) is 8.72. The van der Waals surface area contributed by atoms with Crippen LogP contribution >= 0.6 is 0 Å². The molecule has 3 aliphatic heterocycles. The standard InChI is InChI=1S/C34H44N4O10S/c1-23(2)18-38(49(41,42)26-8-9-30-31(17-26)47-22-46-30)19-29(39)28(36-34(40)48-32-20-45-33-27(32)10-15-44-33)16-24-4-6-25(7-5-24)43-14-3-12-37-13-11-35-21-37/h4-9,11,13,17,21,23,27-29,32-33,39H,3,10,12,14-16,18-20,22H2,1-2H3,(H,36,40)/t27-,28-,29+,32-,33+/m0/s1. The van der Waals surface area contributed by atoms with Gasteiger partial charge in [0.25, 0.3) is 0 Å². The number of nitrogens with zero attached hydrogens (tertiary/aromatic N) is 3. The Morgan fingerprint density at radius 2 is 1.94 bits per heavy atom. The summed E-state index contributed by atoms with van der Waals surface area (Å²) in [7, 11) is -4.07. The van der Waals surface area contributed by atoms with Gasteiger partial charge in [0.15, 0.2) is 17.8 Å². The van der Waals surface area contributed by atoms with Gasteiger partial charge in [0, 0.05) is 38.1 Å². The van der Waals surface area contributed by atoms with E-state index in [1.807, 2.05) is 48.9 Å². The summed E-state index contributed by atoms with van der Waals surface area (Å²) in [6.45, 7) is 5.73. The van der Waals surface area contributed by atoms with E-state index in [4.69, 9.17) is 28.4 Å². The number of fused-ring (bicyclic) bond motifs is 2. The van der Waals surface area contributed by atoms with Crippen molar-refractivity contribution in [3.05, 3.63) is 66.7 Å². The number of aliphatic hydroxyl groups excluding tert-OH is 1. The number of aromatic nitrogens is 2. The van der Waals surface area contributed by atoms with Crippen LogP contribution in [0, 0.1) is 11.8 Å². The number of sulfonamides is 1. The Balaban J connectivity index is 1.15. The van der Waals surface area contributed by atoms with Crippen molar-refractivity contribution in [3.63, 3.8) is 0 Å². The Morgan fingerprint density at radius 1 is 1.12 bits per heavy atom. The average molecular weight is 701 g/mol. The SMILES string of the molecule is CC(C)CN(C[C@@H](O)[C@H](Cc1ccc(OCCCn2ccnc2)cc1)NC(=O)O[C@H]1CO[C@H]2OCC[C@H]21)S(=O)(=O)c1ccc2c(c1)OCO2. The smallest absolute Gasteiger partial charge is 0.407 e. The number of aryl methyl sites for hydroxylation is 1. The normalized spacial score (nSPS) is 21.1. The van der Waals surface area contributed by atoms with E-state index in [9.17, 15) is 18.3 Å². The third-order valence-corrected chi connectivity index (χ3v) is 10.5. The van der Waals surface area contributed by atoms with Crippen molar-refractivity contribution in [2.75, 3.05) is 39.7 Å². The molecule has 14 nitrogen and oxygen atoms in total. The van der Waals surface area contributed by atoms with E-state index in [1.54, 1.807) is 18.6 Å². The Bertz CT molecular complexity index is 1640. The Kier molecular flexibility index (Phi) is 11.2. The van der Waals surface area contributed by atoms with Gasteiger partial charge in [-0.1, -0.05) is 26.0 Å². The second kappa shape index (κ2) is 15.8. The van der Waals surface area contributed by atoms with E-state index >= 15 is 0 Å². The van der Waals surface area contributed by atoms with Gasteiger partial charge in [-0.3, -0.25) is 0 Å². The molecular formula is C34H44N4O10S. The van der Waals surface area contributed by atoms with Gasteiger partial charge in [0.1, 0.15) is 11.9 Å². The number of ether oxygens (including phenoxy) is 6. The van der Waals surface area contributed by atoms with Crippen LogP contribution in [0.15, 0.2) is 66.1 Å². The lowest BCUT2D eigenvalue weighted by Crippen LogP contribution is -2.51. The highest BCUT2D eigenvalue weighted by atomic mass is 32.2. The van der Waals surface area contributed by atoms with E-state index in [0.29, 0.717) is 36.9 Å². The minimum Gasteiger partial charge on any atom is -0.494 e. The second-order valence-electron chi connectivity index (χ2n) is 12.9. The third kappa shape index (κ3) is 8.83. The number of nitrogens with one attached hydrogen (secondary N) is 1. The molecule has 3 aliphatic rings. The fourth-order valence-electron chi connectivity index (χ4n) is 6.19. The van der Waals surface area contributed by atoms with E-state index in [0.717, 1.165) is 18.5 Å². The topological polar surface area (TPSA) is 160 Å². The zero-order chi connectivity index (χ0) is 34.4. The molecule has 0 spiro atoms. The fourth-order valence-corrected chi connectivity index (χ4v) is 7.82. The van der Waals surface area contributed by atoms with Gasteiger partial charge in [-0.25, -0.2) is 18.2 Å². The Morgan fingerprint density at radius 3 is 2.71 bits per heavy atom. The lowest BCUT2D eigenvalue weighted by Gasteiger charge is -2.31. The number of rotatable bonds is 16. The number of carbonyl (C=O) groups excluding carboxylic acids is 1. The number of carbonyl (C=O) groups is 1. The number of hydrogen-bond acceptors (Lipinski definition) is 11. The summed E-state index contributed by atoms with van der Waals surface area (Å²) in [5, 5.41) is 14.5. The number of benzene rings is 2. The summed E-state index contributed by atoms with van der Waals surface area (Å²) in [5.74, 6) is 1.38. The molecule has 2 fully saturated rings. The quantitative estimate of drug-likeness (QED) is 0.211. The van der Waals surface area contributed by atoms with Gasteiger partial charge in [0.2, 0.25) is 16.8 Å². The summed E-state index contributed by atoms with van der Waals surface area (Å²) >= 11 is 0. The molecule has 5 atom stereocenters. The molecule has 49 heavy (non-hydrogen) atoms. The van der Waals surface area contributed by atoms with Crippen molar-refractivity contribution in [3.8, 4) is 17.2 Å². The van der Waals surface area contributed by atoms with E-state index in [1.165, 1.54) is 16.4 Å². The summed E-state index contributed by atoms with van der Waals surface area (Å²) < 4.78 is 64.6. The number of aliphatic hydroxyl groups is 1. The number of amides is 1. The first-order valence-corrected chi connectivity index (χ1v) is 18.1. The fraction of sp³-hybridized carbons (Fsp3) is 0.529. The highest BCUT2D eigenvalue weighted by molar-refractivity contribution is 7.89. The van der Waals surface area contributed by atoms with Crippen LogP contribution in [0.2, 0.25) is 0 Å². The summed E-state index contributed by atoms with van der Waals surface area (Å²) in [5.41, 5.74) is 0.803. The molecule has 0 unspecified atom stereocenters. The van der Waals surface area contributed by atoms with Gasteiger partial charge in [0.05, 0.1) is 49.1 Å². The maximum atomic E-state index is 13.9. The van der Waals surface area contributed by atoms with E-state index in [-0.39, 0.29) is 49.6 Å². The second-order valence-corrected chi connectivity index (χ2v) is 14.8. The van der Waals surface area contributed by atoms with Gasteiger partial charge in [-0.15, -0.1) is 0 Å². The lowest BCUT2D eigenvalue weighted by molar-refractivity contribution is -0.0907. The van der Waals surface area contributed by atoms with Crippen molar-refractivity contribution in [2.24, 2.45) is 11.8 Å². The molecule has 0 bridgehead atoms. The van der Waals surface area contributed by atoms with Crippen molar-refractivity contribution in [2.45, 2.75) is 69.1 Å². The first-order chi connectivity index (χ1) is 23.7. The highest BCUT2D eigenvalue weighted by Crippen LogP contribution is 2.35. The van der Waals surface area contributed by atoms with Crippen LogP contribution in [0.25, 0.3) is 0 Å². The van der Waals surface area contributed by atoms with E-state index < -0.39 is 40.7 Å². The predicted octanol–water partition coefficient (Wildman–Crippen LogP) is 3.19. The zero-order valence-electron chi connectivity index (χ0n) is 27.7. The molecule has 2 saturated heterocycles. The van der Waals surface area contributed by atoms with Gasteiger partial charge in [-0.2, -0.15) is 4.31 Å². The molecule has 6 rings (SSSR count).